The van der Waals surface area contributed by atoms with Gasteiger partial charge in [0.1, 0.15) is 41.4 Å². The number of carbonyl (C=O) groups is 1. The molecule has 2 aromatic heterocycles. The van der Waals surface area contributed by atoms with Crippen LogP contribution in [0.4, 0.5) is 19.0 Å². The smallest absolute Gasteiger partial charge is 0.319 e. The second-order valence-electron chi connectivity index (χ2n) is 13.1. The molecular formula is C34H34F3N5O4. The average molecular weight is 634 g/mol. The number of ether oxygens (including phenoxy) is 2. The van der Waals surface area contributed by atoms with Crippen molar-refractivity contribution >= 4 is 33.5 Å². The van der Waals surface area contributed by atoms with Gasteiger partial charge in [-0.3, -0.25) is 14.7 Å². The number of benzene rings is 2. The second kappa shape index (κ2) is 10.7. The molecule has 1 aliphatic carbocycles. The zero-order valence-corrected chi connectivity index (χ0v) is 25.6. The average Bonchev–Trinajstić information content (AvgIpc) is 3.30. The van der Waals surface area contributed by atoms with Gasteiger partial charge in [0.15, 0.2) is 5.82 Å². The Bertz CT molecular complexity index is 1900. The fourth-order valence-corrected chi connectivity index (χ4v) is 8.38. The number of piperidine rings is 1. The number of fused-ring (bicyclic) bond motifs is 4. The third kappa shape index (κ3) is 4.47. The number of anilines is 1. The van der Waals surface area contributed by atoms with Crippen molar-refractivity contribution in [2.24, 2.45) is 17.8 Å². The molecular weight excluding hydrogens is 599 g/mol. The van der Waals surface area contributed by atoms with Crippen LogP contribution in [0.3, 0.4) is 0 Å². The van der Waals surface area contributed by atoms with E-state index in [0.29, 0.717) is 60.0 Å². The highest BCUT2D eigenvalue weighted by Crippen LogP contribution is 2.53. The summed E-state index contributed by atoms with van der Waals surface area (Å²) < 4.78 is 57.3. The summed E-state index contributed by atoms with van der Waals surface area (Å²) in [5.74, 6) is -1.04. The molecule has 1 unspecified atom stereocenters. The first-order valence-corrected chi connectivity index (χ1v) is 15.9. The van der Waals surface area contributed by atoms with Crippen molar-refractivity contribution in [2.75, 3.05) is 44.8 Å². The van der Waals surface area contributed by atoms with Crippen LogP contribution in [-0.2, 0) is 16.0 Å². The van der Waals surface area contributed by atoms with Crippen LogP contribution in [0, 0.1) is 29.4 Å². The Hall–Kier alpha value is -4.19. The Morgan fingerprint density at radius 3 is 2.72 bits per heavy atom. The lowest BCUT2D eigenvalue weighted by atomic mass is 9.94. The fourth-order valence-electron chi connectivity index (χ4n) is 8.38. The highest BCUT2D eigenvalue weighted by atomic mass is 19.1. The van der Waals surface area contributed by atoms with Gasteiger partial charge in [-0.15, -0.1) is 0 Å². The minimum absolute atomic E-state index is 0.0309. The van der Waals surface area contributed by atoms with E-state index in [1.165, 1.54) is 31.5 Å². The van der Waals surface area contributed by atoms with Crippen LogP contribution in [0.5, 0.6) is 11.8 Å². The quantitative estimate of drug-likeness (QED) is 0.275. The zero-order valence-electron chi connectivity index (χ0n) is 25.6. The molecule has 4 fully saturated rings. The summed E-state index contributed by atoms with van der Waals surface area (Å²) in [5, 5.41) is 11.9. The number of phenolic OH excluding ortho intramolecular Hbond substituents is 1. The Morgan fingerprint density at radius 2 is 1.96 bits per heavy atom. The molecule has 1 saturated carbocycles. The van der Waals surface area contributed by atoms with E-state index < -0.39 is 23.3 Å². The van der Waals surface area contributed by atoms with E-state index in [-0.39, 0.29) is 58.9 Å². The number of halogens is 3. The number of nitrogens with zero attached hydrogens (tertiary/aromatic N) is 5. The van der Waals surface area contributed by atoms with Crippen LogP contribution < -0.4 is 9.64 Å². The molecule has 0 spiro atoms. The standard InChI is InChI=1S/C34H34F3N5O4/c1-3-20-25(36)6-5-17-9-19(43)10-21(26(17)20)29-28(37)30-22(12-38-29)31(41-14-23-24(15-41)27(23)32(44)45-2)40-33(39-30)46-16-34-7-4-8-42(34)13-18(35)11-34/h5-6,9-10,12,18,23-24,27,43H,3-4,7-8,11,13-16H2,1-2H3/t18-,23-,24+,27?,34+/m1/s1. The van der Waals surface area contributed by atoms with Crippen molar-refractivity contribution in [1.82, 2.24) is 19.9 Å². The summed E-state index contributed by atoms with van der Waals surface area (Å²) in [6, 6.07) is 5.76. The molecule has 46 heavy (non-hydrogen) atoms. The van der Waals surface area contributed by atoms with Crippen molar-refractivity contribution < 1.29 is 32.5 Å². The minimum atomic E-state index is -0.933. The van der Waals surface area contributed by atoms with Crippen LogP contribution in [0.15, 0.2) is 30.5 Å². The lowest BCUT2D eigenvalue weighted by Crippen LogP contribution is -2.43. The first kappa shape index (κ1) is 29.2. The predicted molar refractivity (Wildman–Crippen MR) is 164 cm³/mol. The van der Waals surface area contributed by atoms with E-state index in [1.807, 2.05) is 11.8 Å². The van der Waals surface area contributed by atoms with E-state index in [0.717, 1.165) is 19.4 Å². The number of rotatable bonds is 7. The first-order valence-electron chi connectivity index (χ1n) is 15.9. The maximum absolute atomic E-state index is 16.8. The molecule has 5 heterocycles. The van der Waals surface area contributed by atoms with Crippen molar-refractivity contribution in [3.63, 3.8) is 0 Å². The maximum atomic E-state index is 16.8. The summed E-state index contributed by atoms with van der Waals surface area (Å²) in [7, 11) is 1.38. The molecule has 8 rings (SSSR count). The van der Waals surface area contributed by atoms with Gasteiger partial charge >= 0.3 is 12.0 Å². The Balaban J connectivity index is 1.24. The maximum Gasteiger partial charge on any atom is 0.319 e. The highest BCUT2D eigenvalue weighted by molar-refractivity contribution is 6.01. The van der Waals surface area contributed by atoms with Gasteiger partial charge in [-0.2, -0.15) is 9.97 Å². The van der Waals surface area contributed by atoms with E-state index in [9.17, 15) is 18.7 Å². The van der Waals surface area contributed by atoms with Gasteiger partial charge in [-0.05, 0) is 72.2 Å². The SMILES string of the molecule is CCc1c(F)ccc2cc(O)cc(-c3ncc4c(N5C[C@@H]6C(C(=O)OC)[C@@H]6C5)nc(OC[C@@]56CCCN5C[C@H](F)C6)nc4c3F)c12. The Morgan fingerprint density at radius 1 is 1.15 bits per heavy atom. The molecule has 0 amide bonds. The third-order valence-corrected chi connectivity index (χ3v) is 10.6. The molecule has 2 aromatic carbocycles. The van der Waals surface area contributed by atoms with Crippen molar-refractivity contribution in [3.05, 3.63) is 47.7 Å². The summed E-state index contributed by atoms with van der Waals surface area (Å²) in [4.78, 5) is 30.1. The number of carbonyl (C=O) groups excluding carboxylic acids is 1. The first-order chi connectivity index (χ1) is 22.2. The van der Waals surface area contributed by atoms with Crippen LogP contribution in [0.25, 0.3) is 32.9 Å². The summed E-state index contributed by atoms with van der Waals surface area (Å²) in [5.41, 5.74) is 0.0645. The lowest BCUT2D eigenvalue weighted by molar-refractivity contribution is -0.142. The van der Waals surface area contributed by atoms with Crippen LogP contribution in [0.1, 0.15) is 31.7 Å². The fraction of sp³-hybridized carbons (Fsp3) is 0.471. The largest absolute Gasteiger partial charge is 0.508 e. The zero-order chi connectivity index (χ0) is 31.9. The molecule has 1 N–H and O–H groups in total. The molecule has 4 aromatic rings. The molecule has 0 bridgehead atoms. The number of pyridine rings is 1. The van der Waals surface area contributed by atoms with E-state index in [4.69, 9.17) is 14.5 Å². The lowest BCUT2D eigenvalue weighted by Gasteiger charge is -2.31. The summed E-state index contributed by atoms with van der Waals surface area (Å²) >= 11 is 0. The number of hydrogen-bond acceptors (Lipinski definition) is 9. The third-order valence-electron chi connectivity index (χ3n) is 10.6. The van der Waals surface area contributed by atoms with Crippen molar-refractivity contribution in [2.45, 2.75) is 44.3 Å². The molecule has 240 valence electrons. The molecule has 9 nitrogen and oxygen atoms in total. The molecule has 0 radical (unpaired) electrons. The van der Waals surface area contributed by atoms with Gasteiger partial charge in [0.05, 0.1) is 24.0 Å². The minimum Gasteiger partial charge on any atom is -0.508 e. The Kier molecular flexibility index (Phi) is 6.79. The van der Waals surface area contributed by atoms with E-state index in [1.54, 1.807) is 6.07 Å². The number of esters is 1. The van der Waals surface area contributed by atoms with E-state index in [2.05, 4.69) is 14.9 Å². The van der Waals surface area contributed by atoms with Gasteiger partial charge in [0.25, 0.3) is 0 Å². The Labute approximate surface area is 263 Å². The van der Waals surface area contributed by atoms with Gasteiger partial charge in [-0.25, -0.2) is 13.2 Å². The molecule has 4 aliphatic rings. The number of hydrogen-bond donors (Lipinski definition) is 1. The summed E-state index contributed by atoms with van der Waals surface area (Å²) in [6.45, 7) is 4.20. The van der Waals surface area contributed by atoms with Gasteiger partial charge < -0.3 is 19.5 Å². The van der Waals surface area contributed by atoms with Crippen LogP contribution in [-0.4, -0.2) is 82.5 Å². The molecule has 12 heteroatoms. The number of alkyl halides is 1. The number of methoxy groups -OCH3 is 1. The van der Waals surface area contributed by atoms with Crippen LogP contribution in [0.2, 0.25) is 0 Å². The number of aromatic hydroxyl groups is 1. The highest BCUT2D eigenvalue weighted by Gasteiger charge is 2.60. The molecule has 3 saturated heterocycles. The normalized spacial score (nSPS) is 26.9. The van der Waals surface area contributed by atoms with Crippen molar-refractivity contribution in [3.8, 4) is 23.0 Å². The van der Waals surface area contributed by atoms with Crippen molar-refractivity contribution in [1.29, 1.82) is 0 Å². The van der Waals surface area contributed by atoms with E-state index >= 15 is 4.39 Å². The van der Waals surface area contributed by atoms with Gasteiger partial charge in [0.2, 0.25) is 0 Å². The monoisotopic (exact) mass is 633 g/mol. The van der Waals surface area contributed by atoms with Gasteiger partial charge in [-0.1, -0.05) is 13.0 Å². The second-order valence-corrected chi connectivity index (χ2v) is 13.1. The number of aryl methyl sites for hydroxylation is 1. The predicted octanol–water partition coefficient (Wildman–Crippen LogP) is 5.20. The topological polar surface area (TPSA) is 101 Å². The summed E-state index contributed by atoms with van der Waals surface area (Å²) in [6.07, 6.45) is 3.01. The van der Waals surface area contributed by atoms with Gasteiger partial charge in [0, 0.05) is 37.8 Å². The molecule has 5 atom stereocenters. The van der Waals surface area contributed by atoms with Crippen LogP contribution >= 0.6 is 0 Å². The number of aromatic nitrogens is 3. The number of phenols is 1. The molecule has 3 aliphatic heterocycles.